The van der Waals surface area contributed by atoms with E-state index in [9.17, 15) is 24.3 Å². The van der Waals surface area contributed by atoms with E-state index in [0.29, 0.717) is 16.3 Å². The van der Waals surface area contributed by atoms with Crippen LogP contribution in [-0.2, 0) is 35.1 Å². The molecule has 2 aromatic rings. The van der Waals surface area contributed by atoms with Gasteiger partial charge in [0.1, 0.15) is 17.9 Å². The highest BCUT2D eigenvalue weighted by Gasteiger charge is 2.33. The average Bonchev–Trinajstić information content (AvgIpc) is 3.01. The van der Waals surface area contributed by atoms with Gasteiger partial charge >= 0.3 is 11.9 Å². The monoisotopic (exact) mass is 656 g/mol. The third-order valence-electron chi connectivity index (χ3n) is 7.70. The van der Waals surface area contributed by atoms with Gasteiger partial charge in [-0.2, -0.15) is 0 Å². The molecule has 1 fully saturated rings. The Kier molecular flexibility index (Phi) is 14.1. The number of methoxy groups -OCH3 is 1. The number of cyclic esters (lactones) is 2. The number of hydrogen-bond donors (Lipinski definition) is 3. The van der Waals surface area contributed by atoms with Crippen molar-refractivity contribution in [3.05, 3.63) is 70.8 Å². The number of benzene rings is 2. The summed E-state index contributed by atoms with van der Waals surface area (Å²) >= 11 is 6.29. The van der Waals surface area contributed by atoms with E-state index in [1.54, 1.807) is 25.1 Å². The third kappa shape index (κ3) is 11.5. The Morgan fingerprint density at radius 3 is 2.39 bits per heavy atom. The van der Waals surface area contributed by atoms with Crippen LogP contribution in [0.3, 0.4) is 0 Å². The molecule has 2 aromatic carbocycles. The summed E-state index contributed by atoms with van der Waals surface area (Å²) in [5, 5.41) is 16.9. The number of halogens is 1. The van der Waals surface area contributed by atoms with Gasteiger partial charge < -0.3 is 30.0 Å². The second-order valence-corrected chi connectivity index (χ2v) is 12.6. The number of aliphatic hydroxyl groups is 1. The van der Waals surface area contributed by atoms with Gasteiger partial charge in [-0.05, 0) is 35.6 Å². The fraction of sp³-hybridized carbons (Fsp3) is 0.486. The first-order valence-corrected chi connectivity index (χ1v) is 16.0. The number of ether oxygens (including phenoxy) is 3. The molecule has 0 aliphatic carbocycles. The minimum atomic E-state index is -1.21. The van der Waals surface area contributed by atoms with E-state index in [-0.39, 0.29) is 44.1 Å². The molecule has 3 rings (SSSR count). The van der Waals surface area contributed by atoms with Gasteiger partial charge in [-0.25, -0.2) is 4.79 Å². The molecule has 1 heterocycles. The Bertz CT molecular complexity index is 1370. The molecule has 1 aliphatic heterocycles. The van der Waals surface area contributed by atoms with Crippen molar-refractivity contribution in [3.63, 3.8) is 0 Å². The summed E-state index contributed by atoms with van der Waals surface area (Å²) in [4.78, 5) is 53.1. The van der Waals surface area contributed by atoms with Crippen LogP contribution in [0.25, 0.3) is 6.08 Å². The lowest BCUT2D eigenvalue weighted by Crippen LogP contribution is -2.50. The lowest BCUT2D eigenvalue weighted by Gasteiger charge is -2.28. The molecule has 0 saturated carbocycles. The highest BCUT2D eigenvalue weighted by atomic mass is 35.5. The maximum absolute atomic E-state index is 13.4. The lowest BCUT2D eigenvalue weighted by molar-refractivity contribution is -0.176. The standard InChI is InChI=1S/C35H45ClN2O8/c1-21(2)15-31-35(43)45-26(18-29(39)22(3)11-12-24-9-7-6-8-10-24)19-32(40)38-28(33(41)37-20-23(4)34(42)46-31)17-25-13-14-30(44-5)27(36)16-25/h6-14,16,21-23,26,28-29,31,39H,15,17-20H2,1-5H3,(H,37,41)(H,38,40)/b12-11+/t22-,23-,26-,28+,29+,31+/m1/s1. The maximum atomic E-state index is 13.4. The molecule has 0 bridgehead atoms. The van der Waals surface area contributed by atoms with E-state index < -0.39 is 54.0 Å². The SMILES string of the molecule is COc1ccc(C[C@@H]2NC(=O)C[C@@H](C[C@H](O)[C@H](C)/C=C/c3ccccc3)OC(=O)[C@H](CC(C)C)OC(=O)[C@H](C)CNC2=O)cc1Cl. The van der Waals surface area contributed by atoms with Crippen molar-refractivity contribution in [2.75, 3.05) is 13.7 Å². The smallest absolute Gasteiger partial charge is 0.347 e. The molecule has 1 aliphatic rings. The molecule has 3 N–H and O–H groups in total. The zero-order chi connectivity index (χ0) is 33.8. The summed E-state index contributed by atoms with van der Waals surface area (Å²) in [5.74, 6) is -3.21. The molecule has 2 amide bonds. The van der Waals surface area contributed by atoms with Crippen molar-refractivity contribution in [3.8, 4) is 5.75 Å². The Morgan fingerprint density at radius 1 is 1.02 bits per heavy atom. The van der Waals surface area contributed by atoms with Gasteiger partial charge in [0.05, 0.1) is 30.6 Å². The van der Waals surface area contributed by atoms with Gasteiger partial charge in [-0.15, -0.1) is 0 Å². The summed E-state index contributed by atoms with van der Waals surface area (Å²) in [5.41, 5.74) is 1.62. The Hall–Kier alpha value is -3.89. The molecule has 1 saturated heterocycles. The summed E-state index contributed by atoms with van der Waals surface area (Å²) in [6.45, 7) is 7.08. The quantitative estimate of drug-likeness (QED) is 0.318. The maximum Gasteiger partial charge on any atom is 0.347 e. The summed E-state index contributed by atoms with van der Waals surface area (Å²) < 4.78 is 16.6. The van der Waals surface area contributed by atoms with Gasteiger partial charge in [0.25, 0.3) is 0 Å². The topological polar surface area (TPSA) is 140 Å². The van der Waals surface area contributed by atoms with Crippen LogP contribution >= 0.6 is 11.6 Å². The van der Waals surface area contributed by atoms with Crippen LogP contribution in [-0.4, -0.2) is 66.9 Å². The normalized spacial score (nSPS) is 23.1. The molecule has 250 valence electrons. The van der Waals surface area contributed by atoms with E-state index in [0.717, 1.165) is 5.56 Å². The molecular weight excluding hydrogens is 612 g/mol. The third-order valence-corrected chi connectivity index (χ3v) is 7.99. The molecule has 0 spiro atoms. The van der Waals surface area contributed by atoms with Gasteiger partial charge in [-0.1, -0.05) is 87.8 Å². The molecule has 0 unspecified atom stereocenters. The van der Waals surface area contributed by atoms with Crippen molar-refractivity contribution in [2.24, 2.45) is 17.8 Å². The van der Waals surface area contributed by atoms with Crippen molar-refractivity contribution < 1.29 is 38.5 Å². The molecular formula is C35H45ClN2O8. The van der Waals surface area contributed by atoms with Crippen molar-refractivity contribution in [1.29, 1.82) is 0 Å². The van der Waals surface area contributed by atoms with Crippen LogP contribution in [0.2, 0.25) is 5.02 Å². The fourth-order valence-electron chi connectivity index (χ4n) is 4.93. The molecule has 10 nitrogen and oxygen atoms in total. The number of hydrogen-bond acceptors (Lipinski definition) is 8. The van der Waals surface area contributed by atoms with Crippen LogP contribution in [0, 0.1) is 17.8 Å². The second kappa shape index (κ2) is 17.7. The lowest BCUT2D eigenvalue weighted by atomic mass is 9.96. The zero-order valence-electron chi connectivity index (χ0n) is 27.0. The van der Waals surface area contributed by atoms with Crippen LogP contribution in [0.4, 0.5) is 0 Å². The number of esters is 2. The van der Waals surface area contributed by atoms with Crippen LogP contribution in [0.15, 0.2) is 54.6 Å². The van der Waals surface area contributed by atoms with E-state index in [1.165, 1.54) is 7.11 Å². The summed E-state index contributed by atoms with van der Waals surface area (Å²) in [6, 6.07) is 13.6. The molecule has 6 atom stereocenters. The summed E-state index contributed by atoms with van der Waals surface area (Å²) in [7, 11) is 1.49. The van der Waals surface area contributed by atoms with Crippen LogP contribution in [0.5, 0.6) is 5.75 Å². The number of amides is 2. The van der Waals surface area contributed by atoms with Gasteiger partial charge in [0.15, 0.2) is 6.10 Å². The van der Waals surface area contributed by atoms with E-state index >= 15 is 0 Å². The number of rotatable bonds is 10. The number of carbonyl (C=O) groups is 4. The zero-order valence-corrected chi connectivity index (χ0v) is 27.8. The summed E-state index contributed by atoms with van der Waals surface area (Å²) in [6.07, 6.45) is 0.369. The van der Waals surface area contributed by atoms with Gasteiger partial charge in [-0.3, -0.25) is 14.4 Å². The number of aliphatic hydroxyl groups excluding tert-OH is 1. The van der Waals surface area contributed by atoms with E-state index in [2.05, 4.69) is 10.6 Å². The van der Waals surface area contributed by atoms with Gasteiger partial charge in [0.2, 0.25) is 11.8 Å². The fourth-order valence-corrected chi connectivity index (χ4v) is 5.21. The Morgan fingerprint density at radius 2 is 1.74 bits per heavy atom. The predicted molar refractivity (Wildman–Crippen MR) is 175 cm³/mol. The predicted octanol–water partition coefficient (Wildman–Crippen LogP) is 4.50. The van der Waals surface area contributed by atoms with Crippen molar-refractivity contribution >= 4 is 41.4 Å². The average molecular weight is 657 g/mol. The second-order valence-electron chi connectivity index (χ2n) is 12.2. The molecule has 0 aromatic heterocycles. The number of carbonyl (C=O) groups excluding carboxylic acids is 4. The molecule has 46 heavy (non-hydrogen) atoms. The highest BCUT2D eigenvalue weighted by Crippen LogP contribution is 2.26. The molecule has 0 radical (unpaired) electrons. The molecule has 11 heteroatoms. The minimum absolute atomic E-state index is 0.0121. The Labute approximate surface area is 275 Å². The van der Waals surface area contributed by atoms with Gasteiger partial charge in [0, 0.05) is 25.3 Å². The first-order chi connectivity index (χ1) is 21.9. The van der Waals surface area contributed by atoms with Crippen molar-refractivity contribution in [2.45, 2.75) is 77.7 Å². The Balaban J connectivity index is 1.87. The minimum Gasteiger partial charge on any atom is -0.495 e. The highest BCUT2D eigenvalue weighted by molar-refractivity contribution is 6.32. The van der Waals surface area contributed by atoms with Crippen LogP contribution < -0.4 is 15.4 Å². The largest absolute Gasteiger partial charge is 0.495 e. The first kappa shape index (κ1) is 36.6. The number of nitrogens with one attached hydrogen (secondary N) is 2. The first-order valence-electron chi connectivity index (χ1n) is 15.6. The van der Waals surface area contributed by atoms with E-state index in [1.807, 2.05) is 63.3 Å². The van der Waals surface area contributed by atoms with Crippen LogP contribution in [0.1, 0.15) is 58.1 Å². The van der Waals surface area contributed by atoms with Crippen molar-refractivity contribution in [1.82, 2.24) is 10.6 Å². The van der Waals surface area contributed by atoms with E-state index in [4.69, 9.17) is 25.8 Å².